The van der Waals surface area contributed by atoms with Gasteiger partial charge in [-0.25, -0.2) is 9.59 Å². The molecule has 0 saturated heterocycles. The van der Waals surface area contributed by atoms with E-state index in [1.165, 1.54) is 18.9 Å². The van der Waals surface area contributed by atoms with Crippen molar-refractivity contribution in [2.24, 2.45) is 0 Å². The molecule has 1 heterocycles. The maximum absolute atomic E-state index is 12.5. The fourth-order valence-electron chi connectivity index (χ4n) is 2.96. The summed E-state index contributed by atoms with van der Waals surface area (Å²) < 4.78 is 4.95. The Balaban J connectivity index is 2.91. The maximum Gasteiger partial charge on any atom is 0.338 e. The van der Waals surface area contributed by atoms with E-state index in [1.54, 1.807) is 18.9 Å². The number of likely N-dealkylation sites (N-methyl/N-ethyl adjacent to an activating group) is 1. The highest BCUT2D eigenvalue weighted by Crippen LogP contribution is 2.40. The molecule has 24 heavy (non-hydrogen) atoms. The fraction of sp³-hybridized carbons (Fsp3) is 0.333. The Kier molecular flexibility index (Phi) is 5.39. The lowest BCUT2D eigenvalue weighted by atomic mass is 9.85. The molecule has 1 unspecified atom stereocenters. The van der Waals surface area contributed by atoms with Gasteiger partial charge in [0.15, 0.2) is 0 Å². The van der Waals surface area contributed by atoms with Crippen molar-refractivity contribution in [2.45, 2.75) is 24.8 Å². The molecule has 0 saturated carbocycles. The van der Waals surface area contributed by atoms with Crippen molar-refractivity contribution in [3.63, 3.8) is 0 Å². The molecular formula is C18H21NO4S. The van der Waals surface area contributed by atoms with Gasteiger partial charge in [-0.05, 0) is 31.7 Å². The molecule has 1 aromatic rings. The van der Waals surface area contributed by atoms with E-state index in [1.807, 2.05) is 37.4 Å². The maximum atomic E-state index is 12.5. The van der Waals surface area contributed by atoms with Gasteiger partial charge in [-0.2, -0.15) is 0 Å². The van der Waals surface area contributed by atoms with Crippen molar-refractivity contribution < 1.29 is 19.4 Å². The monoisotopic (exact) mass is 347 g/mol. The van der Waals surface area contributed by atoms with Crippen LogP contribution < -0.4 is 0 Å². The van der Waals surface area contributed by atoms with Crippen LogP contribution in [0.3, 0.4) is 0 Å². The van der Waals surface area contributed by atoms with Crippen LogP contribution in [0.1, 0.15) is 19.4 Å². The molecule has 0 radical (unpaired) electrons. The third kappa shape index (κ3) is 2.94. The van der Waals surface area contributed by atoms with Gasteiger partial charge in [0, 0.05) is 23.2 Å². The number of carbonyl (C=O) groups is 2. The first-order valence-electron chi connectivity index (χ1n) is 7.48. The molecule has 1 aliphatic rings. The summed E-state index contributed by atoms with van der Waals surface area (Å²) in [5, 5.41) is 9.80. The summed E-state index contributed by atoms with van der Waals surface area (Å²) >= 11 is 1.51. The van der Waals surface area contributed by atoms with Crippen molar-refractivity contribution in [1.82, 2.24) is 4.90 Å². The highest BCUT2D eigenvalue weighted by molar-refractivity contribution is 7.98. The van der Waals surface area contributed by atoms with Crippen LogP contribution in [0.15, 0.2) is 46.0 Å². The molecule has 0 fully saturated rings. The first-order chi connectivity index (χ1) is 11.3. The van der Waals surface area contributed by atoms with Gasteiger partial charge in [0.1, 0.15) is 0 Å². The molecule has 0 spiro atoms. The number of allylic oxidation sites excluding steroid dienone is 1. The lowest BCUT2D eigenvalue weighted by molar-refractivity contribution is -0.136. The van der Waals surface area contributed by atoms with Crippen LogP contribution in [0.25, 0.3) is 5.57 Å². The molecule has 0 bridgehead atoms. The van der Waals surface area contributed by atoms with Gasteiger partial charge in [0.05, 0.1) is 24.3 Å². The van der Waals surface area contributed by atoms with Gasteiger partial charge in [-0.1, -0.05) is 18.2 Å². The molecule has 1 aliphatic heterocycles. The normalized spacial score (nSPS) is 18.0. The van der Waals surface area contributed by atoms with Gasteiger partial charge in [0.25, 0.3) is 0 Å². The molecule has 128 valence electrons. The number of nitrogens with zero attached hydrogens (tertiary/aromatic N) is 1. The van der Waals surface area contributed by atoms with Gasteiger partial charge in [-0.3, -0.25) is 0 Å². The minimum atomic E-state index is -1.06. The Labute approximate surface area is 146 Å². The summed E-state index contributed by atoms with van der Waals surface area (Å²) in [5.41, 5.74) is 2.31. The van der Waals surface area contributed by atoms with Crippen LogP contribution in [0.4, 0.5) is 0 Å². The summed E-state index contributed by atoms with van der Waals surface area (Å²) in [7, 11) is 3.09. The number of aliphatic carboxylic acids is 1. The third-order valence-corrected chi connectivity index (χ3v) is 5.20. The van der Waals surface area contributed by atoms with Gasteiger partial charge >= 0.3 is 11.9 Å². The van der Waals surface area contributed by atoms with Gasteiger partial charge in [-0.15, -0.1) is 11.8 Å². The van der Waals surface area contributed by atoms with E-state index < -0.39 is 11.9 Å². The second-order valence-electron chi connectivity index (χ2n) is 5.53. The fourth-order valence-corrected chi connectivity index (χ4v) is 3.56. The standard InChI is InChI=1S/C18H21NO4S/c1-10-14(17(20)21)16(12-8-6-7-9-13(12)24-5)15(18(22)23-4)11(2)19(10)3/h6-9,11H,1-5H3,(H,20,21). The molecule has 6 heteroatoms. The zero-order valence-corrected chi connectivity index (χ0v) is 15.2. The lowest BCUT2D eigenvalue weighted by Gasteiger charge is -2.36. The minimum absolute atomic E-state index is 0.137. The van der Waals surface area contributed by atoms with Gasteiger partial charge < -0.3 is 14.7 Å². The molecule has 1 atom stereocenters. The van der Waals surface area contributed by atoms with Crippen molar-refractivity contribution in [3.05, 3.63) is 46.7 Å². The largest absolute Gasteiger partial charge is 0.478 e. The zero-order valence-electron chi connectivity index (χ0n) is 14.4. The van der Waals surface area contributed by atoms with E-state index >= 15 is 0 Å². The number of esters is 1. The second kappa shape index (κ2) is 7.13. The topological polar surface area (TPSA) is 66.8 Å². The average molecular weight is 347 g/mol. The molecule has 1 N–H and O–H groups in total. The number of rotatable bonds is 4. The molecule has 2 rings (SSSR count). The minimum Gasteiger partial charge on any atom is -0.478 e. The Morgan fingerprint density at radius 2 is 1.92 bits per heavy atom. The van der Waals surface area contributed by atoms with Crippen LogP contribution in [0.5, 0.6) is 0 Å². The number of methoxy groups -OCH3 is 1. The quantitative estimate of drug-likeness (QED) is 0.667. The first kappa shape index (κ1) is 18.1. The number of hydrogen-bond donors (Lipinski definition) is 1. The Morgan fingerprint density at radius 1 is 1.29 bits per heavy atom. The van der Waals surface area contributed by atoms with E-state index in [0.717, 1.165) is 10.5 Å². The molecule has 0 amide bonds. The van der Waals surface area contributed by atoms with Crippen molar-refractivity contribution in [2.75, 3.05) is 20.4 Å². The summed E-state index contributed by atoms with van der Waals surface area (Å²) in [6, 6.07) is 7.21. The van der Waals surface area contributed by atoms with Crippen LogP contribution in [-0.4, -0.2) is 48.4 Å². The smallest absolute Gasteiger partial charge is 0.338 e. The lowest BCUT2D eigenvalue weighted by Crippen LogP contribution is -2.38. The van der Waals surface area contributed by atoms with Gasteiger partial charge in [0.2, 0.25) is 0 Å². The Hall–Kier alpha value is -2.21. The molecule has 5 nitrogen and oxygen atoms in total. The molecular weight excluding hydrogens is 326 g/mol. The van der Waals surface area contributed by atoms with Crippen LogP contribution in [0, 0.1) is 0 Å². The first-order valence-corrected chi connectivity index (χ1v) is 8.70. The predicted octanol–water partition coefficient (Wildman–Crippen LogP) is 3.03. The number of carboxylic acid groups (broad SMARTS) is 1. The highest BCUT2D eigenvalue weighted by atomic mass is 32.2. The zero-order chi connectivity index (χ0) is 18.0. The molecule has 0 aliphatic carbocycles. The number of hydrogen-bond acceptors (Lipinski definition) is 5. The molecule has 0 aromatic heterocycles. The van der Waals surface area contributed by atoms with Crippen LogP contribution in [-0.2, 0) is 14.3 Å². The van der Waals surface area contributed by atoms with E-state index in [-0.39, 0.29) is 11.6 Å². The van der Waals surface area contributed by atoms with E-state index in [2.05, 4.69) is 0 Å². The van der Waals surface area contributed by atoms with E-state index in [9.17, 15) is 14.7 Å². The van der Waals surface area contributed by atoms with Crippen molar-refractivity contribution in [3.8, 4) is 0 Å². The summed E-state index contributed by atoms with van der Waals surface area (Å²) in [4.78, 5) is 27.1. The number of ether oxygens (including phenoxy) is 1. The Morgan fingerprint density at radius 3 is 2.46 bits per heavy atom. The number of benzene rings is 1. The summed E-state index contributed by atoms with van der Waals surface area (Å²) in [6.07, 6.45) is 1.92. The van der Waals surface area contributed by atoms with Crippen molar-refractivity contribution in [1.29, 1.82) is 0 Å². The van der Waals surface area contributed by atoms with Crippen LogP contribution in [0.2, 0.25) is 0 Å². The summed E-state index contributed by atoms with van der Waals surface area (Å²) in [6.45, 7) is 3.63. The average Bonchev–Trinajstić information content (AvgIpc) is 2.58. The second-order valence-corrected chi connectivity index (χ2v) is 6.38. The third-order valence-electron chi connectivity index (χ3n) is 4.40. The van der Waals surface area contributed by atoms with Crippen LogP contribution >= 0.6 is 11.8 Å². The number of carboxylic acids is 1. The summed E-state index contributed by atoms with van der Waals surface area (Å²) in [5.74, 6) is -1.56. The van der Waals surface area contributed by atoms with E-state index in [4.69, 9.17) is 4.74 Å². The molecule has 1 aromatic carbocycles. The Bertz CT molecular complexity index is 751. The SMILES string of the molecule is COC(=O)C1=C(c2ccccc2SC)C(C(=O)O)=C(C)N(C)C1C. The number of thioether (sulfide) groups is 1. The predicted molar refractivity (Wildman–Crippen MR) is 94.7 cm³/mol. The van der Waals surface area contributed by atoms with Crippen molar-refractivity contribution >= 4 is 29.3 Å². The highest BCUT2D eigenvalue weighted by Gasteiger charge is 2.37. The van der Waals surface area contributed by atoms with E-state index in [0.29, 0.717) is 16.8 Å². The number of carbonyl (C=O) groups excluding carboxylic acids is 1.